The Hall–Kier alpha value is -3.04. The molecule has 0 bridgehead atoms. The number of oxime groups is 1. The summed E-state index contributed by atoms with van der Waals surface area (Å²) in [7, 11) is 1.70. The number of aryl methyl sites for hydroxylation is 1. The standard InChI is InChI=1S/C20H24F3N5O/c1-13-7-5-10-19(25-15(3)28(4)27-24)18(13)12-29-26-14(2)16-8-6-9-17(11-16)20(21,22)23/h5-11,25,27H,3,12,24H2,1-2,4H3. The topological polar surface area (TPSA) is 74.9 Å². The van der Waals surface area contributed by atoms with Gasteiger partial charge in [0.1, 0.15) is 12.4 Å². The van der Waals surface area contributed by atoms with Crippen molar-refractivity contribution >= 4 is 11.4 Å². The first-order chi connectivity index (χ1) is 13.6. The number of benzene rings is 2. The maximum atomic E-state index is 12.9. The van der Waals surface area contributed by atoms with Crippen LogP contribution in [0.3, 0.4) is 0 Å². The van der Waals surface area contributed by atoms with E-state index in [-0.39, 0.29) is 6.61 Å². The van der Waals surface area contributed by atoms with Crippen LogP contribution in [-0.4, -0.2) is 17.8 Å². The Morgan fingerprint density at radius 2 is 1.93 bits per heavy atom. The summed E-state index contributed by atoms with van der Waals surface area (Å²) >= 11 is 0. The minimum atomic E-state index is -4.41. The zero-order valence-corrected chi connectivity index (χ0v) is 16.5. The van der Waals surface area contributed by atoms with Crippen LogP contribution >= 0.6 is 0 Å². The number of hydrogen-bond acceptors (Lipinski definition) is 6. The van der Waals surface area contributed by atoms with E-state index in [1.165, 1.54) is 11.1 Å². The number of hydrazine groups is 2. The first-order valence-corrected chi connectivity index (χ1v) is 8.72. The monoisotopic (exact) mass is 407 g/mol. The minimum Gasteiger partial charge on any atom is -0.391 e. The lowest BCUT2D eigenvalue weighted by Gasteiger charge is -2.22. The highest BCUT2D eigenvalue weighted by atomic mass is 19.4. The molecule has 2 rings (SSSR count). The molecule has 0 saturated heterocycles. The van der Waals surface area contributed by atoms with Gasteiger partial charge in [-0.3, -0.25) is 10.9 Å². The van der Waals surface area contributed by atoms with Gasteiger partial charge in [0.2, 0.25) is 0 Å². The maximum Gasteiger partial charge on any atom is 0.416 e. The molecule has 29 heavy (non-hydrogen) atoms. The fraction of sp³-hybridized carbons (Fsp3) is 0.250. The van der Waals surface area contributed by atoms with E-state index in [0.29, 0.717) is 17.1 Å². The number of nitrogens with zero attached hydrogens (tertiary/aromatic N) is 2. The highest BCUT2D eigenvalue weighted by Crippen LogP contribution is 2.29. The Balaban J connectivity index is 2.15. The SMILES string of the molecule is C=C(Nc1cccc(C)c1CON=C(C)c1cccc(C(F)(F)F)c1)N(C)NN. The van der Waals surface area contributed by atoms with Crippen LogP contribution in [0.15, 0.2) is 60.0 Å². The lowest BCUT2D eigenvalue weighted by atomic mass is 10.1. The number of hydrogen-bond donors (Lipinski definition) is 3. The van der Waals surface area contributed by atoms with Crippen molar-refractivity contribution in [1.29, 1.82) is 0 Å². The molecule has 0 radical (unpaired) electrons. The number of nitrogens with one attached hydrogen (secondary N) is 2. The van der Waals surface area contributed by atoms with E-state index in [1.54, 1.807) is 20.0 Å². The van der Waals surface area contributed by atoms with Crippen molar-refractivity contribution < 1.29 is 18.0 Å². The Bertz CT molecular complexity index is 896. The summed E-state index contributed by atoms with van der Waals surface area (Å²) in [5, 5.41) is 8.62. The maximum absolute atomic E-state index is 12.9. The Labute approximate surface area is 167 Å². The molecule has 0 saturated carbocycles. The molecular weight excluding hydrogens is 383 g/mol. The van der Waals surface area contributed by atoms with Crippen LogP contribution in [0.1, 0.15) is 29.2 Å². The van der Waals surface area contributed by atoms with Crippen LogP contribution in [0.5, 0.6) is 0 Å². The first-order valence-electron chi connectivity index (χ1n) is 8.72. The number of anilines is 1. The number of halogens is 3. The summed E-state index contributed by atoms with van der Waals surface area (Å²) in [6.07, 6.45) is -4.41. The van der Waals surface area contributed by atoms with Crippen molar-refractivity contribution in [1.82, 2.24) is 10.5 Å². The summed E-state index contributed by atoms with van der Waals surface area (Å²) < 4.78 is 38.6. The lowest BCUT2D eigenvalue weighted by molar-refractivity contribution is -0.137. The molecular formula is C20H24F3N5O. The minimum absolute atomic E-state index is 0.123. The van der Waals surface area contributed by atoms with Crippen LogP contribution in [0, 0.1) is 6.92 Å². The fourth-order valence-electron chi connectivity index (χ4n) is 2.50. The predicted octanol–water partition coefficient (Wildman–Crippen LogP) is 4.15. The third-order valence-corrected chi connectivity index (χ3v) is 4.31. The van der Waals surface area contributed by atoms with E-state index in [9.17, 15) is 13.2 Å². The van der Waals surface area contributed by atoms with Gasteiger partial charge in [0.15, 0.2) is 0 Å². The quantitative estimate of drug-likeness (QED) is 0.348. The molecule has 2 aromatic rings. The van der Waals surface area contributed by atoms with Gasteiger partial charge in [0.25, 0.3) is 0 Å². The van der Waals surface area contributed by atoms with Gasteiger partial charge in [-0.2, -0.15) is 18.7 Å². The molecule has 0 aromatic heterocycles. The van der Waals surface area contributed by atoms with Gasteiger partial charge in [-0.15, -0.1) is 0 Å². The molecule has 0 atom stereocenters. The third kappa shape index (κ3) is 5.97. The largest absolute Gasteiger partial charge is 0.416 e. The number of rotatable bonds is 8. The second-order valence-electron chi connectivity index (χ2n) is 6.39. The highest BCUT2D eigenvalue weighted by Gasteiger charge is 2.30. The second kappa shape index (κ2) is 9.44. The Morgan fingerprint density at radius 3 is 2.59 bits per heavy atom. The molecule has 0 heterocycles. The molecule has 9 heteroatoms. The normalized spacial score (nSPS) is 11.9. The van der Waals surface area contributed by atoms with Gasteiger partial charge >= 0.3 is 6.18 Å². The average molecular weight is 407 g/mol. The molecule has 0 aliphatic heterocycles. The van der Waals surface area contributed by atoms with Crippen LogP contribution in [0.25, 0.3) is 0 Å². The lowest BCUT2D eigenvalue weighted by Crippen LogP contribution is -2.40. The zero-order chi connectivity index (χ0) is 21.6. The molecule has 0 spiro atoms. The van der Waals surface area contributed by atoms with E-state index >= 15 is 0 Å². The smallest absolute Gasteiger partial charge is 0.391 e. The third-order valence-electron chi connectivity index (χ3n) is 4.31. The van der Waals surface area contributed by atoms with E-state index in [0.717, 1.165) is 28.9 Å². The van der Waals surface area contributed by atoms with Gasteiger partial charge in [0.05, 0.1) is 11.3 Å². The molecule has 0 unspecified atom stereocenters. The van der Waals surface area contributed by atoms with Crippen molar-refractivity contribution in [2.45, 2.75) is 26.6 Å². The summed E-state index contributed by atoms with van der Waals surface area (Å²) in [4.78, 5) is 5.43. The van der Waals surface area contributed by atoms with Gasteiger partial charge < -0.3 is 10.2 Å². The average Bonchev–Trinajstić information content (AvgIpc) is 2.68. The molecule has 2 aromatic carbocycles. The number of nitrogens with two attached hydrogens (primary N) is 1. The number of alkyl halides is 3. The predicted molar refractivity (Wildman–Crippen MR) is 107 cm³/mol. The van der Waals surface area contributed by atoms with Crippen LogP contribution in [0.4, 0.5) is 18.9 Å². The van der Waals surface area contributed by atoms with Crippen molar-refractivity contribution in [2.24, 2.45) is 11.0 Å². The van der Waals surface area contributed by atoms with E-state index < -0.39 is 11.7 Å². The molecule has 6 nitrogen and oxygen atoms in total. The van der Waals surface area contributed by atoms with Gasteiger partial charge in [-0.05, 0) is 43.2 Å². The summed E-state index contributed by atoms with van der Waals surface area (Å²) in [6, 6.07) is 10.6. The molecule has 0 aliphatic carbocycles. The van der Waals surface area contributed by atoms with E-state index in [1.807, 2.05) is 25.1 Å². The van der Waals surface area contributed by atoms with Crippen LogP contribution in [0.2, 0.25) is 0 Å². The van der Waals surface area contributed by atoms with Crippen molar-refractivity contribution in [3.8, 4) is 0 Å². The van der Waals surface area contributed by atoms with E-state index in [2.05, 4.69) is 22.6 Å². The molecule has 0 amide bonds. The first kappa shape index (κ1) is 22.3. The van der Waals surface area contributed by atoms with Gasteiger partial charge in [-0.25, -0.2) is 0 Å². The molecule has 4 N–H and O–H groups in total. The summed E-state index contributed by atoms with van der Waals surface area (Å²) in [5.74, 6) is 5.88. The van der Waals surface area contributed by atoms with Gasteiger partial charge in [-0.1, -0.05) is 36.0 Å². The van der Waals surface area contributed by atoms with Crippen molar-refractivity contribution in [2.75, 3.05) is 12.4 Å². The summed E-state index contributed by atoms with van der Waals surface area (Å²) in [6.45, 7) is 7.51. The zero-order valence-electron chi connectivity index (χ0n) is 16.5. The van der Waals surface area contributed by atoms with Crippen LogP contribution < -0.4 is 16.7 Å². The highest BCUT2D eigenvalue weighted by molar-refractivity contribution is 5.98. The fourth-order valence-corrected chi connectivity index (χ4v) is 2.50. The Morgan fingerprint density at radius 1 is 1.24 bits per heavy atom. The van der Waals surface area contributed by atoms with Crippen LogP contribution in [-0.2, 0) is 17.6 Å². The van der Waals surface area contributed by atoms with Crippen molar-refractivity contribution in [3.63, 3.8) is 0 Å². The van der Waals surface area contributed by atoms with Crippen molar-refractivity contribution in [3.05, 3.63) is 77.1 Å². The second-order valence-corrected chi connectivity index (χ2v) is 6.39. The van der Waals surface area contributed by atoms with Gasteiger partial charge in [0, 0.05) is 18.3 Å². The molecule has 0 fully saturated rings. The Kier molecular flexibility index (Phi) is 7.24. The molecule has 156 valence electrons. The molecule has 0 aliphatic rings. The van der Waals surface area contributed by atoms with E-state index in [4.69, 9.17) is 10.7 Å². The summed E-state index contributed by atoms with van der Waals surface area (Å²) in [5.41, 5.74) is 4.94.